The molecule has 1 amide bonds. The van der Waals surface area contributed by atoms with Crippen LogP contribution in [0.1, 0.15) is 33.6 Å². The van der Waals surface area contributed by atoms with Gasteiger partial charge in [-0.15, -0.1) is 0 Å². The van der Waals surface area contributed by atoms with Crippen molar-refractivity contribution in [3.63, 3.8) is 0 Å². The van der Waals surface area contributed by atoms with Crippen LogP contribution in [0.2, 0.25) is 0 Å². The second-order valence-electron chi connectivity index (χ2n) is 4.71. The number of amides is 1. The van der Waals surface area contributed by atoms with Crippen molar-refractivity contribution in [3.8, 4) is 0 Å². The number of hydrogen-bond acceptors (Lipinski definition) is 2. The quantitative estimate of drug-likeness (QED) is 0.710. The SMILES string of the molecule is CCC(C(N)=O)N1CCC(C)(C)C1. The molecular weight excluding hydrogens is 164 g/mol. The maximum atomic E-state index is 11.1. The molecule has 3 heteroatoms. The summed E-state index contributed by atoms with van der Waals surface area (Å²) in [6.45, 7) is 8.49. The minimum absolute atomic E-state index is 0.0539. The zero-order chi connectivity index (χ0) is 10.1. The number of likely N-dealkylation sites (tertiary alicyclic amines) is 1. The molecule has 0 saturated carbocycles. The van der Waals surface area contributed by atoms with E-state index in [4.69, 9.17) is 5.73 Å². The number of nitrogens with zero attached hydrogens (tertiary/aromatic N) is 1. The van der Waals surface area contributed by atoms with Crippen molar-refractivity contribution in [2.75, 3.05) is 13.1 Å². The largest absolute Gasteiger partial charge is 0.368 e. The van der Waals surface area contributed by atoms with Gasteiger partial charge in [0, 0.05) is 6.54 Å². The lowest BCUT2D eigenvalue weighted by Crippen LogP contribution is -2.43. The van der Waals surface area contributed by atoms with Gasteiger partial charge in [-0.3, -0.25) is 9.69 Å². The van der Waals surface area contributed by atoms with Gasteiger partial charge in [-0.1, -0.05) is 20.8 Å². The minimum Gasteiger partial charge on any atom is -0.368 e. The lowest BCUT2D eigenvalue weighted by Gasteiger charge is -2.25. The van der Waals surface area contributed by atoms with E-state index in [-0.39, 0.29) is 11.9 Å². The molecule has 13 heavy (non-hydrogen) atoms. The fraction of sp³-hybridized carbons (Fsp3) is 0.900. The first-order valence-corrected chi connectivity index (χ1v) is 4.99. The molecule has 1 atom stereocenters. The number of nitrogens with two attached hydrogens (primary N) is 1. The van der Waals surface area contributed by atoms with Crippen LogP contribution in [0.3, 0.4) is 0 Å². The van der Waals surface area contributed by atoms with Gasteiger partial charge in [0.05, 0.1) is 6.04 Å². The second kappa shape index (κ2) is 3.66. The van der Waals surface area contributed by atoms with Crippen molar-refractivity contribution in [2.24, 2.45) is 11.1 Å². The Morgan fingerprint density at radius 1 is 1.62 bits per heavy atom. The Kier molecular flexibility index (Phi) is 2.96. The first-order chi connectivity index (χ1) is 5.96. The Balaban J connectivity index is 2.58. The molecular formula is C10H20N2O. The van der Waals surface area contributed by atoms with Crippen LogP contribution in [0.15, 0.2) is 0 Å². The molecule has 0 aromatic carbocycles. The fourth-order valence-corrected chi connectivity index (χ4v) is 2.06. The predicted molar refractivity (Wildman–Crippen MR) is 53.2 cm³/mol. The standard InChI is InChI=1S/C10H20N2O/c1-4-8(9(11)13)12-6-5-10(2,3)7-12/h8H,4-7H2,1-3H3,(H2,11,13). The zero-order valence-corrected chi connectivity index (χ0v) is 8.84. The number of hydrogen-bond donors (Lipinski definition) is 1. The summed E-state index contributed by atoms with van der Waals surface area (Å²) in [7, 11) is 0. The van der Waals surface area contributed by atoms with Gasteiger partial charge in [-0.2, -0.15) is 0 Å². The molecule has 0 aromatic heterocycles. The molecule has 0 bridgehead atoms. The summed E-state index contributed by atoms with van der Waals surface area (Å²) in [5.41, 5.74) is 5.69. The molecule has 1 fully saturated rings. The summed E-state index contributed by atoms with van der Waals surface area (Å²) in [4.78, 5) is 13.3. The van der Waals surface area contributed by atoms with Gasteiger partial charge in [-0.25, -0.2) is 0 Å². The van der Waals surface area contributed by atoms with Gasteiger partial charge in [-0.05, 0) is 24.8 Å². The van der Waals surface area contributed by atoms with Crippen LogP contribution >= 0.6 is 0 Å². The predicted octanol–water partition coefficient (Wildman–Crippen LogP) is 0.982. The Morgan fingerprint density at radius 3 is 2.54 bits per heavy atom. The summed E-state index contributed by atoms with van der Waals surface area (Å²) in [6, 6.07) is -0.0539. The molecule has 0 spiro atoms. The summed E-state index contributed by atoms with van der Waals surface area (Å²) >= 11 is 0. The fourth-order valence-electron chi connectivity index (χ4n) is 2.06. The molecule has 0 radical (unpaired) electrons. The molecule has 2 N–H and O–H groups in total. The van der Waals surface area contributed by atoms with Crippen molar-refractivity contribution in [2.45, 2.75) is 39.7 Å². The van der Waals surface area contributed by atoms with Gasteiger partial charge >= 0.3 is 0 Å². The smallest absolute Gasteiger partial charge is 0.234 e. The summed E-state index contributed by atoms with van der Waals surface area (Å²) in [6.07, 6.45) is 1.99. The van der Waals surface area contributed by atoms with E-state index in [0.717, 1.165) is 25.9 Å². The number of primary amides is 1. The second-order valence-corrected chi connectivity index (χ2v) is 4.71. The normalized spacial score (nSPS) is 24.5. The van der Waals surface area contributed by atoms with Crippen molar-refractivity contribution in [1.82, 2.24) is 4.90 Å². The molecule has 1 heterocycles. The molecule has 0 aliphatic carbocycles. The highest BCUT2D eigenvalue weighted by Gasteiger charge is 2.34. The van der Waals surface area contributed by atoms with E-state index in [2.05, 4.69) is 18.7 Å². The molecule has 1 rings (SSSR count). The van der Waals surface area contributed by atoms with Crippen molar-refractivity contribution >= 4 is 5.91 Å². The van der Waals surface area contributed by atoms with Crippen LogP contribution in [-0.4, -0.2) is 29.9 Å². The third-order valence-corrected chi connectivity index (χ3v) is 2.86. The monoisotopic (exact) mass is 184 g/mol. The van der Waals surface area contributed by atoms with E-state index in [0.29, 0.717) is 5.41 Å². The van der Waals surface area contributed by atoms with Gasteiger partial charge in [0.15, 0.2) is 0 Å². The van der Waals surface area contributed by atoms with Gasteiger partial charge in [0.25, 0.3) is 0 Å². The third-order valence-electron chi connectivity index (χ3n) is 2.86. The molecule has 1 saturated heterocycles. The van der Waals surface area contributed by atoms with E-state index >= 15 is 0 Å². The van der Waals surface area contributed by atoms with Crippen LogP contribution < -0.4 is 5.73 Å². The summed E-state index contributed by atoms with van der Waals surface area (Å²) < 4.78 is 0. The van der Waals surface area contributed by atoms with Gasteiger partial charge in [0.1, 0.15) is 0 Å². The van der Waals surface area contributed by atoms with E-state index in [1.54, 1.807) is 0 Å². The highest BCUT2D eigenvalue weighted by molar-refractivity contribution is 5.79. The minimum atomic E-state index is -0.180. The zero-order valence-electron chi connectivity index (χ0n) is 8.84. The lowest BCUT2D eigenvalue weighted by atomic mass is 9.93. The average molecular weight is 184 g/mol. The van der Waals surface area contributed by atoms with Crippen molar-refractivity contribution in [3.05, 3.63) is 0 Å². The van der Waals surface area contributed by atoms with Crippen LogP contribution in [0, 0.1) is 5.41 Å². The molecule has 1 aliphatic heterocycles. The number of carbonyl (C=O) groups excluding carboxylic acids is 1. The Labute approximate surface area is 80.3 Å². The highest BCUT2D eigenvalue weighted by atomic mass is 16.1. The van der Waals surface area contributed by atoms with E-state index in [9.17, 15) is 4.79 Å². The Bertz CT molecular complexity index is 201. The van der Waals surface area contributed by atoms with E-state index in [1.165, 1.54) is 0 Å². The first-order valence-electron chi connectivity index (χ1n) is 4.99. The summed E-state index contributed by atoms with van der Waals surface area (Å²) in [5.74, 6) is -0.180. The molecule has 0 aromatic rings. The van der Waals surface area contributed by atoms with Gasteiger partial charge < -0.3 is 5.73 Å². The number of carbonyl (C=O) groups is 1. The maximum absolute atomic E-state index is 11.1. The Morgan fingerprint density at radius 2 is 2.23 bits per heavy atom. The average Bonchev–Trinajstić information content (AvgIpc) is 2.31. The topological polar surface area (TPSA) is 46.3 Å². The lowest BCUT2D eigenvalue weighted by molar-refractivity contribution is -0.123. The van der Waals surface area contributed by atoms with Crippen LogP contribution in [0.4, 0.5) is 0 Å². The molecule has 1 unspecified atom stereocenters. The molecule has 76 valence electrons. The van der Waals surface area contributed by atoms with Crippen LogP contribution in [0.5, 0.6) is 0 Å². The van der Waals surface area contributed by atoms with E-state index in [1.807, 2.05) is 6.92 Å². The maximum Gasteiger partial charge on any atom is 0.234 e. The highest BCUT2D eigenvalue weighted by Crippen LogP contribution is 2.30. The Hall–Kier alpha value is -0.570. The first kappa shape index (κ1) is 10.5. The van der Waals surface area contributed by atoms with Crippen molar-refractivity contribution < 1.29 is 4.79 Å². The third kappa shape index (κ3) is 2.44. The van der Waals surface area contributed by atoms with Crippen LogP contribution in [-0.2, 0) is 4.79 Å². The number of rotatable bonds is 3. The summed E-state index contributed by atoms with van der Waals surface area (Å²) in [5, 5.41) is 0. The van der Waals surface area contributed by atoms with Crippen LogP contribution in [0.25, 0.3) is 0 Å². The van der Waals surface area contributed by atoms with E-state index < -0.39 is 0 Å². The molecule has 3 nitrogen and oxygen atoms in total. The molecule has 1 aliphatic rings. The van der Waals surface area contributed by atoms with Crippen molar-refractivity contribution in [1.29, 1.82) is 0 Å². The van der Waals surface area contributed by atoms with Gasteiger partial charge in [0.2, 0.25) is 5.91 Å².